The van der Waals surface area contributed by atoms with E-state index >= 15 is 0 Å². The fraction of sp³-hybridized carbons (Fsp3) is 0.500. The highest BCUT2D eigenvalue weighted by Crippen LogP contribution is 2.25. The summed E-state index contributed by atoms with van der Waals surface area (Å²) < 4.78 is 36.3. The van der Waals surface area contributed by atoms with Crippen molar-refractivity contribution in [3.63, 3.8) is 0 Å². The Morgan fingerprint density at radius 3 is 2.45 bits per heavy atom. The van der Waals surface area contributed by atoms with E-state index < -0.39 is 9.84 Å². The molecule has 2 heterocycles. The predicted octanol–water partition coefficient (Wildman–Crippen LogP) is 3.80. The SMILES string of the molecule is CCC(C)OC(=O)N1CC[C@@H](Oc2ccn(-c3ccc(S(C)(=O)=O)cc3)c(=O)c2)C[C@H]1CC. The molecule has 1 amide bonds. The number of aromatic nitrogens is 1. The fourth-order valence-corrected chi connectivity index (χ4v) is 4.50. The highest BCUT2D eigenvalue weighted by atomic mass is 32.2. The summed E-state index contributed by atoms with van der Waals surface area (Å²) in [5.41, 5.74) is 0.291. The van der Waals surface area contributed by atoms with Gasteiger partial charge in [-0.15, -0.1) is 0 Å². The van der Waals surface area contributed by atoms with Crippen LogP contribution in [0.15, 0.2) is 52.3 Å². The molecular formula is C24H32N2O6S. The highest BCUT2D eigenvalue weighted by Gasteiger charge is 2.33. The van der Waals surface area contributed by atoms with Gasteiger partial charge in [0.1, 0.15) is 18.0 Å². The number of pyridine rings is 1. The molecule has 1 unspecified atom stereocenters. The molecule has 33 heavy (non-hydrogen) atoms. The number of piperidine rings is 1. The summed E-state index contributed by atoms with van der Waals surface area (Å²) in [5, 5.41) is 0. The number of carbonyl (C=O) groups is 1. The van der Waals surface area contributed by atoms with Gasteiger partial charge in [0.15, 0.2) is 9.84 Å². The minimum Gasteiger partial charge on any atom is -0.490 e. The van der Waals surface area contributed by atoms with E-state index in [1.807, 2.05) is 20.8 Å². The van der Waals surface area contributed by atoms with Gasteiger partial charge in [-0.2, -0.15) is 0 Å². The molecule has 0 aliphatic carbocycles. The normalized spacial score (nSPS) is 19.7. The molecule has 0 bridgehead atoms. The van der Waals surface area contributed by atoms with Crippen LogP contribution in [-0.2, 0) is 14.6 Å². The van der Waals surface area contributed by atoms with E-state index in [4.69, 9.17) is 9.47 Å². The maximum atomic E-state index is 12.7. The first-order valence-corrected chi connectivity index (χ1v) is 13.2. The lowest BCUT2D eigenvalue weighted by Crippen LogP contribution is -2.49. The van der Waals surface area contributed by atoms with E-state index in [1.165, 1.54) is 22.8 Å². The second-order valence-electron chi connectivity index (χ2n) is 8.46. The van der Waals surface area contributed by atoms with Gasteiger partial charge in [0.25, 0.3) is 5.56 Å². The average Bonchev–Trinajstić information content (AvgIpc) is 2.78. The third-order valence-corrected chi connectivity index (χ3v) is 7.12. The molecule has 0 N–H and O–H groups in total. The van der Waals surface area contributed by atoms with Crippen molar-refractivity contribution in [3.8, 4) is 11.4 Å². The van der Waals surface area contributed by atoms with Crippen molar-refractivity contribution >= 4 is 15.9 Å². The molecule has 8 nitrogen and oxygen atoms in total. The number of sulfone groups is 1. The van der Waals surface area contributed by atoms with E-state index in [-0.39, 0.29) is 34.8 Å². The van der Waals surface area contributed by atoms with Crippen molar-refractivity contribution in [3.05, 3.63) is 52.9 Å². The Bertz CT molecular complexity index is 1130. The lowest BCUT2D eigenvalue weighted by atomic mass is 9.98. The molecule has 1 saturated heterocycles. The first-order chi connectivity index (χ1) is 15.6. The first kappa shape index (κ1) is 24.8. The number of hydrogen-bond acceptors (Lipinski definition) is 6. The quantitative estimate of drug-likeness (QED) is 0.603. The Kier molecular flexibility index (Phi) is 7.84. The molecule has 2 aromatic rings. The molecule has 180 valence electrons. The van der Waals surface area contributed by atoms with E-state index in [0.29, 0.717) is 30.8 Å². The van der Waals surface area contributed by atoms with Crippen molar-refractivity contribution in [2.24, 2.45) is 0 Å². The maximum Gasteiger partial charge on any atom is 0.410 e. The zero-order chi connectivity index (χ0) is 24.2. The number of benzene rings is 1. The number of amides is 1. The molecule has 1 aromatic heterocycles. The number of ether oxygens (including phenoxy) is 2. The van der Waals surface area contributed by atoms with Gasteiger partial charge in [0.05, 0.1) is 4.90 Å². The Balaban J connectivity index is 1.67. The molecule has 0 saturated carbocycles. The van der Waals surface area contributed by atoms with E-state index in [2.05, 4.69) is 0 Å². The smallest absolute Gasteiger partial charge is 0.410 e. The Morgan fingerprint density at radius 2 is 1.88 bits per heavy atom. The van der Waals surface area contributed by atoms with Crippen LogP contribution in [-0.4, -0.2) is 55.0 Å². The van der Waals surface area contributed by atoms with Crippen LogP contribution in [0.25, 0.3) is 5.69 Å². The van der Waals surface area contributed by atoms with Gasteiger partial charge in [0, 0.05) is 49.6 Å². The van der Waals surface area contributed by atoms with Crippen LogP contribution in [0.1, 0.15) is 46.5 Å². The molecule has 1 fully saturated rings. The number of rotatable bonds is 7. The van der Waals surface area contributed by atoms with E-state index in [1.54, 1.807) is 29.3 Å². The zero-order valence-corrected chi connectivity index (χ0v) is 20.4. The summed E-state index contributed by atoms with van der Waals surface area (Å²) in [5.74, 6) is 0.472. The molecule has 0 spiro atoms. The molecule has 0 radical (unpaired) electrons. The molecule has 1 aliphatic rings. The third kappa shape index (κ3) is 6.16. The lowest BCUT2D eigenvalue weighted by molar-refractivity contribution is 0.0210. The molecule has 3 atom stereocenters. The van der Waals surface area contributed by atoms with Gasteiger partial charge in [0.2, 0.25) is 0 Å². The topological polar surface area (TPSA) is 94.9 Å². The summed E-state index contributed by atoms with van der Waals surface area (Å²) in [4.78, 5) is 27.1. The van der Waals surface area contributed by atoms with Crippen LogP contribution in [0.2, 0.25) is 0 Å². The summed E-state index contributed by atoms with van der Waals surface area (Å²) in [6, 6.07) is 9.31. The minimum atomic E-state index is -3.30. The van der Waals surface area contributed by atoms with Crippen molar-refractivity contribution < 1.29 is 22.7 Å². The number of nitrogens with zero attached hydrogens (tertiary/aromatic N) is 2. The van der Waals surface area contributed by atoms with Crippen LogP contribution in [0.4, 0.5) is 4.79 Å². The monoisotopic (exact) mass is 476 g/mol. The van der Waals surface area contributed by atoms with Gasteiger partial charge in [-0.05, 0) is 50.1 Å². The largest absolute Gasteiger partial charge is 0.490 e. The van der Waals surface area contributed by atoms with Crippen molar-refractivity contribution in [1.29, 1.82) is 0 Å². The third-order valence-electron chi connectivity index (χ3n) is 5.99. The molecule has 1 aliphatic heterocycles. The molecule has 1 aromatic carbocycles. The summed E-state index contributed by atoms with van der Waals surface area (Å²) in [6.45, 7) is 6.44. The summed E-state index contributed by atoms with van der Waals surface area (Å²) >= 11 is 0. The Morgan fingerprint density at radius 1 is 1.18 bits per heavy atom. The predicted molar refractivity (Wildman–Crippen MR) is 126 cm³/mol. The van der Waals surface area contributed by atoms with Crippen LogP contribution in [0, 0.1) is 0 Å². The first-order valence-electron chi connectivity index (χ1n) is 11.3. The van der Waals surface area contributed by atoms with Crippen LogP contribution >= 0.6 is 0 Å². The Hall–Kier alpha value is -2.81. The average molecular weight is 477 g/mol. The van der Waals surface area contributed by atoms with Crippen LogP contribution in [0.5, 0.6) is 5.75 Å². The lowest BCUT2D eigenvalue weighted by Gasteiger charge is -2.38. The van der Waals surface area contributed by atoms with Crippen molar-refractivity contribution in [2.45, 2.75) is 69.6 Å². The molecule has 3 rings (SSSR count). The van der Waals surface area contributed by atoms with Gasteiger partial charge in [-0.1, -0.05) is 13.8 Å². The molecular weight excluding hydrogens is 444 g/mol. The summed E-state index contributed by atoms with van der Waals surface area (Å²) in [7, 11) is -3.30. The number of carbonyl (C=O) groups excluding carboxylic acids is 1. The number of hydrogen-bond donors (Lipinski definition) is 0. The van der Waals surface area contributed by atoms with Gasteiger partial charge < -0.3 is 14.4 Å². The minimum absolute atomic E-state index is 0.0223. The van der Waals surface area contributed by atoms with Crippen LogP contribution in [0.3, 0.4) is 0 Å². The zero-order valence-electron chi connectivity index (χ0n) is 19.6. The second-order valence-corrected chi connectivity index (χ2v) is 10.5. The standard InChI is InChI=1S/C24H32N2O6S/c1-5-17(3)31-24(28)26-14-12-20(15-18(26)6-2)32-21-11-13-25(23(27)16-21)19-7-9-22(10-8-19)33(4,29)30/h7-11,13,16-18,20H,5-6,12,14-15H2,1-4H3/t17?,18-,20-/m1/s1. The van der Waals surface area contributed by atoms with Gasteiger partial charge in [-0.3, -0.25) is 9.36 Å². The second kappa shape index (κ2) is 10.4. The van der Waals surface area contributed by atoms with Gasteiger partial charge in [-0.25, -0.2) is 13.2 Å². The Labute approximate surface area is 195 Å². The van der Waals surface area contributed by atoms with Gasteiger partial charge >= 0.3 is 6.09 Å². The van der Waals surface area contributed by atoms with Crippen LogP contribution < -0.4 is 10.3 Å². The van der Waals surface area contributed by atoms with Crippen molar-refractivity contribution in [2.75, 3.05) is 12.8 Å². The van der Waals surface area contributed by atoms with E-state index in [0.717, 1.165) is 19.1 Å². The fourth-order valence-electron chi connectivity index (χ4n) is 3.87. The number of likely N-dealkylation sites (tertiary alicyclic amines) is 1. The van der Waals surface area contributed by atoms with E-state index in [9.17, 15) is 18.0 Å². The maximum absolute atomic E-state index is 12.7. The highest BCUT2D eigenvalue weighted by molar-refractivity contribution is 7.90. The molecule has 9 heteroatoms. The summed E-state index contributed by atoms with van der Waals surface area (Å²) in [6.07, 6.45) is 5.15. The van der Waals surface area contributed by atoms with Crippen molar-refractivity contribution in [1.82, 2.24) is 9.47 Å².